The van der Waals surface area contributed by atoms with Gasteiger partial charge in [-0.05, 0) is 26.0 Å². The number of benzene rings is 1. The van der Waals surface area contributed by atoms with E-state index in [9.17, 15) is 9.32 Å². The first kappa shape index (κ1) is 12.2. The molecular formula is C11H16N2O3S. The number of anilines is 1. The number of nitrogens with two attached hydrogens (primary N) is 1. The van der Waals surface area contributed by atoms with Crippen LogP contribution >= 0.6 is 0 Å². The minimum absolute atomic E-state index is 0.0620. The predicted octanol–water partition coefficient (Wildman–Crippen LogP) is 0.905. The second-order valence-corrected chi connectivity index (χ2v) is 6.64. The van der Waals surface area contributed by atoms with Crippen LogP contribution in [0.2, 0.25) is 0 Å². The van der Waals surface area contributed by atoms with E-state index in [0.29, 0.717) is 16.3 Å². The minimum atomic E-state index is -2.77. The largest absolute Gasteiger partial charge is 0.495 e. The van der Waals surface area contributed by atoms with Crippen molar-refractivity contribution < 1.29 is 14.1 Å². The van der Waals surface area contributed by atoms with E-state index in [-0.39, 0.29) is 5.05 Å². The predicted molar refractivity (Wildman–Crippen MR) is 68.7 cm³/mol. The smallest absolute Gasteiger partial charge is 0.140 e. The van der Waals surface area contributed by atoms with Crippen LogP contribution in [0, 0.1) is 0 Å². The van der Waals surface area contributed by atoms with Crippen LogP contribution in [0.5, 0.6) is 5.75 Å². The van der Waals surface area contributed by atoms with E-state index >= 15 is 0 Å². The van der Waals surface area contributed by atoms with Crippen LogP contribution in [0.25, 0.3) is 0 Å². The van der Waals surface area contributed by atoms with E-state index in [1.165, 1.54) is 7.11 Å². The minimum Gasteiger partial charge on any atom is -0.495 e. The van der Waals surface area contributed by atoms with Gasteiger partial charge in [0.05, 0.1) is 27.3 Å². The lowest BCUT2D eigenvalue weighted by molar-refractivity contribution is 0.401. The van der Waals surface area contributed by atoms with Gasteiger partial charge in [-0.3, -0.25) is 0 Å². The van der Waals surface area contributed by atoms with Gasteiger partial charge in [-0.2, -0.15) is 0 Å². The third-order valence-electron chi connectivity index (χ3n) is 2.70. The Hall–Kier alpha value is -1.24. The Morgan fingerprint density at radius 2 is 2.12 bits per heavy atom. The Morgan fingerprint density at radius 3 is 2.59 bits per heavy atom. The van der Waals surface area contributed by atoms with Gasteiger partial charge in [0, 0.05) is 11.8 Å². The molecule has 0 radical (unpaired) electrons. The van der Waals surface area contributed by atoms with Gasteiger partial charge in [0.15, 0.2) is 0 Å². The highest BCUT2D eigenvalue weighted by molar-refractivity contribution is 8.02. The molecule has 2 rings (SSSR count). The summed E-state index contributed by atoms with van der Waals surface area (Å²) < 4.78 is 20.6. The quantitative estimate of drug-likeness (QED) is 0.542. The number of nitrogens with one attached hydrogen (secondary N) is 1. The van der Waals surface area contributed by atoms with Gasteiger partial charge in [-0.15, -0.1) is 0 Å². The fraction of sp³-hybridized carbons (Fsp3) is 0.364. The van der Waals surface area contributed by atoms with Crippen molar-refractivity contribution in [1.29, 1.82) is 0 Å². The lowest BCUT2D eigenvalue weighted by atomic mass is 10.1. The molecule has 4 N–H and O–H groups in total. The molecule has 1 atom stereocenters. The van der Waals surface area contributed by atoms with E-state index in [1.54, 1.807) is 32.0 Å². The van der Waals surface area contributed by atoms with Gasteiger partial charge in [-0.25, -0.2) is 8.93 Å². The lowest BCUT2D eigenvalue weighted by Gasteiger charge is -2.39. The number of nitrogen functional groups attached to an aromatic ring is 1. The Bertz CT molecular complexity index is 586. The highest BCUT2D eigenvalue weighted by atomic mass is 32.2. The zero-order valence-corrected chi connectivity index (χ0v) is 10.8. The molecule has 17 heavy (non-hydrogen) atoms. The number of methoxy groups -OCH3 is 1. The van der Waals surface area contributed by atoms with Crippen molar-refractivity contribution in [3.05, 3.63) is 18.2 Å². The van der Waals surface area contributed by atoms with Crippen molar-refractivity contribution in [1.82, 2.24) is 4.72 Å². The summed E-state index contributed by atoms with van der Waals surface area (Å²) in [6.07, 6.45) is 0. The van der Waals surface area contributed by atoms with Gasteiger partial charge in [0.1, 0.15) is 10.8 Å². The van der Waals surface area contributed by atoms with Gasteiger partial charge in [0.25, 0.3) is 0 Å². The van der Waals surface area contributed by atoms with Crippen molar-refractivity contribution in [3.63, 3.8) is 0 Å². The summed E-state index contributed by atoms with van der Waals surface area (Å²) in [5.74, 6) is 0.407. The lowest BCUT2D eigenvalue weighted by Crippen LogP contribution is -2.63. The fourth-order valence-electron chi connectivity index (χ4n) is 1.85. The standard InChI is InChI=1S/C11H16N2O3S/c1-11(2)10(14)17(15,13-11)9-5-4-7(12)6-8(9)16-3/h4-6,14H,12H2,1-3H3,(H,13,15). The Morgan fingerprint density at radius 1 is 1.47 bits per heavy atom. The molecule has 0 fully saturated rings. The molecule has 0 amide bonds. The SMILES string of the molecule is COc1cc(N)ccc1S1(=O)=C(O)C(C)(C)N1. The third-order valence-corrected chi connectivity index (χ3v) is 5.51. The Kier molecular flexibility index (Phi) is 2.61. The van der Waals surface area contributed by atoms with Crippen molar-refractivity contribution in [2.45, 2.75) is 24.3 Å². The molecule has 0 spiro atoms. The Balaban J connectivity index is 2.66. The molecule has 94 valence electrons. The molecule has 0 bridgehead atoms. The summed E-state index contributed by atoms with van der Waals surface area (Å²) in [5.41, 5.74) is 5.52. The molecule has 6 heteroatoms. The van der Waals surface area contributed by atoms with Crippen LogP contribution in [-0.2, 0) is 9.71 Å². The number of aliphatic hydroxyl groups is 1. The first-order chi connectivity index (χ1) is 7.81. The van der Waals surface area contributed by atoms with Crippen LogP contribution in [0.15, 0.2) is 23.1 Å². The van der Waals surface area contributed by atoms with E-state index in [2.05, 4.69) is 4.72 Å². The van der Waals surface area contributed by atoms with Crippen LogP contribution < -0.4 is 15.2 Å². The summed E-state index contributed by atoms with van der Waals surface area (Å²) in [6.45, 7) is 3.52. The van der Waals surface area contributed by atoms with Gasteiger partial charge in [0.2, 0.25) is 0 Å². The summed E-state index contributed by atoms with van der Waals surface area (Å²) in [4.78, 5) is 0.422. The molecule has 1 unspecified atom stereocenters. The normalized spacial score (nSPS) is 26.5. The van der Waals surface area contributed by atoms with Crippen LogP contribution in [0.3, 0.4) is 0 Å². The maximum Gasteiger partial charge on any atom is 0.140 e. The molecule has 1 aromatic rings. The zero-order valence-electron chi connectivity index (χ0n) is 9.98. The Labute approximate surface area is 101 Å². The van der Waals surface area contributed by atoms with E-state index in [1.807, 2.05) is 0 Å². The van der Waals surface area contributed by atoms with E-state index in [4.69, 9.17) is 10.5 Å². The summed E-state index contributed by atoms with van der Waals surface area (Å²) in [7, 11) is -1.30. The van der Waals surface area contributed by atoms with Crippen molar-refractivity contribution in [2.24, 2.45) is 0 Å². The first-order valence-electron chi connectivity index (χ1n) is 5.14. The first-order valence-corrected chi connectivity index (χ1v) is 6.70. The molecule has 0 aromatic heterocycles. The zero-order chi connectivity index (χ0) is 12.8. The summed E-state index contributed by atoms with van der Waals surface area (Å²) in [6, 6.07) is 4.82. The number of hydrogen-bond acceptors (Lipinski definition) is 3. The van der Waals surface area contributed by atoms with E-state index < -0.39 is 15.2 Å². The molecular weight excluding hydrogens is 240 g/mol. The highest BCUT2D eigenvalue weighted by Gasteiger charge is 2.43. The number of aliphatic hydroxyl groups excluding tert-OH is 1. The highest BCUT2D eigenvalue weighted by Crippen LogP contribution is 2.33. The summed E-state index contributed by atoms with van der Waals surface area (Å²) >= 11 is 0. The van der Waals surface area contributed by atoms with E-state index in [0.717, 1.165) is 0 Å². The number of ether oxygens (including phenoxy) is 1. The van der Waals surface area contributed by atoms with Gasteiger partial charge in [-0.1, -0.05) is 0 Å². The molecule has 0 aliphatic carbocycles. The molecule has 1 aliphatic rings. The van der Waals surface area contributed by atoms with Gasteiger partial charge >= 0.3 is 0 Å². The van der Waals surface area contributed by atoms with Crippen molar-refractivity contribution in [3.8, 4) is 5.75 Å². The van der Waals surface area contributed by atoms with Crippen LogP contribution in [0.1, 0.15) is 13.8 Å². The third kappa shape index (κ3) is 1.69. The molecule has 1 aliphatic heterocycles. The molecule has 0 saturated heterocycles. The maximum atomic E-state index is 12.6. The maximum absolute atomic E-state index is 12.6. The average molecular weight is 256 g/mol. The number of hydrogen-bond donors (Lipinski definition) is 3. The summed E-state index contributed by atoms with van der Waals surface area (Å²) in [5, 5.41) is 9.87. The number of rotatable bonds is 2. The topological polar surface area (TPSA) is 84.6 Å². The van der Waals surface area contributed by atoms with Gasteiger partial charge < -0.3 is 15.6 Å². The monoisotopic (exact) mass is 256 g/mol. The molecule has 1 aromatic carbocycles. The molecule has 5 nitrogen and oxygen atoms in total. The molecule has 0 saturated carbocycles. The van der Waals surface area contributed by atoms with Crippen LogP contribution in [0.4, 0.5) is 5.69 Å². The second-order valence-electron chi connectivity index (χ2n) is 4.50. The second kappa shape index (κ2) is 3.63. The fourth-order valence-corrected chi connectivity index (χ4v) is 4.38. The molecule has 1 heterocycles. The van der Waals surface area contributed by atoms with Crippen molar-refractivity contribution >= 4 is 20.4 Å². The average Bonchev–Trinajstić information content (AvgIpc) is 2.27. The van der Waals surface area contributed by atoms with Crippen molar-refractivity contribution in [2.75, 3.05) is 12.8 Å². The van der Waals surface area contributed by atoms with Crippen LogP contribution in [-0.4, -0.2) is 27.0 Å².